The normalized spacial score (nSPS) is 21.8. The van der Waals surface area contributed by atoms with Crippen LogP contribution in [0.3, 0.4) is 0 Å². The van der Waals surface area contributed by atoms with Gasteiger partial charge >= 0.3 is 12.0 Å². The number of nitrogens with one attached hydrogen (secondary N) is 1. The fourth-order valence-electron chi connectivity index (χ4n) is 3.18. The van der Waals surface area contributed by atoms with E-state index in [0.29, 0.717) is 25.6 Å². The zero-order chi connectivity index (χ0) is 18.6. The molecule has 1 saturated heterocycles. The van der Waals surface area contributed by atoms with Crippen LogP contribution in [0.5, 0.6) is 0 Å². The summed E-state index contributed by atoms with van der Waals surface area (Å²) >= 11 is 0. The van der Waals surface area contributed by atoms with Crippen LogP contribution in [0.1, 0.15) is 46.5 Å². The predicted octanol–water partition coefficient (Wildman–Crippen LogP) is 1.78. The smallest absolute Gasteiger partial charge is 0.317 e. The van der Waals surface area contributed by atoms with Gasteiger partial charge < -0.3 is 20.2 Å². The Hall–Kier alpha value is -1.79. The number of hydrogen-bond acceptors (Lipinski definition) is 3. The fourth-order valence-corrected chi connectivity index (χ4v) is 3.18. The van der Waals surface area contributed by atoms with Gasteiger partial charge in [0, 0.05) is 32.2 Å². The zero-order valence-electron chi connectivity index (χ0n) is 15.5. The van der Waals surface area contributed by atoms with E-state index < -0.39 is 11.9 Å². The van der Waals surface area contributed by atoms with Crippen molar-refractivity contribution in [2.75, 3.05) is 26.2 Å². The van der Waals surface area contributed by atoms with Crippen molar-refractivity contribution < 1.29 is 19.5 Å². The monoisotopic (exact) mass is 353 g/mol. The molecule has 0 aromatic heterocycles. The molecule has 25 heavy (non-hydrogen) atoms. The number of amides is 3. The first kappa shape index (κ1) is 19.5. The lowest BCUT2D eigenvalue weighted by Gasteiger charge is -2.35. The van der Waals surface area contributed by atoms with Gasteiger partial charge in [0.15, 0.2) is 0 Å². The van der Waals surface area contributed by atoms with Gasteiger partial charge in [-0.05, 0) is 31.6 Å². The lowest BCUT2D eigenvalue weighted by molar-refractivity contribution is -0.144. The standard InChI is InChI=1S/C18H31N3O4/c1-12(2)9-19-18(25)20-8-4-5-14(11-20)16(22)21(15-6-7-15)10-13(3)17(23)24/h12-15H,4-11H2,1-3H3,(H,19,25)(H,23,24). The highest BCUT2D eigenvalue weighted by Crippen LogP contribution is 2.31. The summed E-state index contributed by atoms with van der Waals surface area (Å²) in [5, 5.41) is 12.1. The molecule has 2 atom stereocenters. The maximum absolute atomic E-state index is 12.9. The number of carbonyl (C=O) groups excluding carboxylic acids is 2. The SMILES string of the molecule is CC(C)CNC(=O)N1CCCC(C(=O)N(CC(C)C(=O)O)C2CC2)C1. The second kappa shape index (κ2) is 8.54. The summed E-state index contributed by atoms with van der Waals surface area (Å²) in [5.41, 5.74) is 0. The molecule has 0 aromatic carbocycles. The Morgan fingerprint density at radius 1 is 1.20 bits per heavy atom. The minimum absolute atomic E-state index is 0.0111. The van der Waals surface area contributed by atoms with Crippen LogP contribution < -0.4 is 5.32 Å². The number of carbonyl (C=O) groups is 3. The maximum atomic E-state index is 12.9. The van der Waals surface area contributed by atoms with Crippen LogP contribution in [-0.4, -0.2) is 65.0 Å². The highest BCUT2D eigenvalue weighted by molar-refractivity contribution is 5.82. The summed E-state index contributed by atoms with van der Waals surface area (Å²) in [6, 6.07) is 0.0718. The van der Waals surface area contributed by atoms with Crippen molar-refractivity contribution in [3.8, 4) is 0 Å². The van der Waals surface area contributed by atoms with Crippen LogP contribution in [0.25, 0.3) is 0 Å². The van der Waals surface area contributed by atoms with Crippen LogP contribution in [0.4, 0.5) is 4.79 Å². The lowest BCUT2D eigenvalue weighted by Crippen LogP contribution is -2.51. The minimum Gasteiger partial charge on any atom is -0.481 e. The quantitative estimate of drug-likeness (QED) is 0.730. The zero-order valence-corrected chi connectivity index (χ0v) is 15.5. The molecule has 1 aliphatic heterocycles. The molecule has 0 bridgehead atoms. The van der Waals surface area contributed by atoms with Gasteiger partial charge in [-0.3, -0.25) is 9.59 Å². The molecule has 2 N–H and O–H groups in total. The molecule has 0 aromatic rings. The van der Waals surface area contributed by atoms with Gasteiger partial charge in [-0.25, -0.2) is 4.79 Å². The average Bonchev–Trinajstić information content (AvgIpc) is 3.41. The number of piperidine rings is 1. The molecule has 2 unspecified atom stereocenters. The molecular weight excluding hydrogens is 322 g/mol. The van der Waals surface area contributed by atoms with Gasteiger partial charge in [-0.15, -0.1) is 0 Å². The van der Waals surface area contributed by atoms with Gasteiger partial charge in [-0.2, -0.15) is 0 Å². The van der Waals surface area contributed by atoms with Gasteiger partial charge in [-0.1, -0.05) is 20.8 Å². The minimum atomic E-state index is -0.878. The van der Waals surface area contributed by atoms with Gasteiger partial charge in [0.05, 0.1) is 11.8 Å². The number of hydrogen-bond donors (Lipinski definition) is 2. The number of likely N-dealkylation sites (tertiary alicyclic amines) is 1. The number of nitrogens with zero attached hydrogens (tertiary/aromatic N) is 2. The Morgan fingerprint density at radius 3 is 2.44 bits per heavy atom. The molecule has 2 rings (SSSR count). The third kappa shape index (κ3) is 5.61. The Morgan fingerprint density at radius 2 is 1.88 bits per heavy atom. The topological polar surface area (TPSA) is 90.0 Å². The molecule has 1 saturated carbocycles. The van der Waals surface area contributed by atoms with Crippen LogP contribution >= 0.6 is 0 Å². The molecule has 2 fully saturated rings. The average molecular weight is 353 g/mol. The van der Waals surface area contributed by atoms with Crippen molar-refractivity contribution in [3.63, 3.8) is 0 Å². The highest BCUT2D eigenvalue weighted by atomic mass is 16.4. The molecule has 0 radical (unpaired) electrons. The molecule has 7 nitrogen and oxygen atoms in total. The molecule has 0 spiro atoms. The van der Waals surface area contributed by atoms with Crippen LogP contribution in [0.15, 0.2) is 0 Å². The van der Waals surface area contributed by atoms with Crippen molar-refractivity contribution in [1.29, 1.82) is 0 Å². The fraction of sp³-hybridized carbons (Fsp3) is 0.833. The molecule has 3 amide bonds. The van der Waals surface area contributed by atoms with Gasteiger partial charge in [0.2, 0.25) is 5.91 Å². The van der Waals surface area contributed by atoms with Crippen molar-refractivity contribution in [1.82, 2.24) is 15.1 Å². The Kier molecular flexibility index (Phi) is 6.67. The van der Waals surface area contributed by atoms with E-state index in [4.69, 9.17) is 5.11 Å². The second-order valence-corrected chi connectivity index (χ2v) is 7.83. The van der Waals surface area contributed by atoms with E-state index in [-0.39, 0.29) is 30.4 Å². The summed E-state index contributed by atoms with van der Waals surface area (Å²) in [4.78, 5) is 39.8. The van der Waals surface area contributed by atoms with E-state index in [2.05, 4.69) is 5.32 Å². The van der Waals surface area contributed by atoms with E-state index in [1.165, 1.54) is 0 Å². The Balaban J connectivity index is 1.94. The van der Waals surface area contributed by atoms with Crippen molar-refractivity contribution in [2.24, 2.45) is 17.8 Å². The van der Waals surface area contributed by atoms with E-state index in [1.807, 2.05) is 13.8 Å². The third-order valence-electron chi connectivity index (χ3n) is 4.88. The highest BCUT2D eigenvalue weighted by Gasteiger charge is 2.39. The Bertz CT molecular complexity index is 505. The summed E-state index contributed by atoms with van der Waals surface area (Å²) < 4.78 is 0. The van der Waals surface area contributed by atoms with Crippen LogP contribution in [0, 0.1) is 17.8 Å². The molecule has 1 aliphatic carbocycles. The van der Waals surface area contributed by atoms with E-state index >= 15 is 0 Å². The van der Waals surface area contributed by atoms with Crippen molar-refractivity contribution in [2.45, 2.75) is 52.5 Å². The number of urea groups is 1. The molecular formula is C18H31N3O4. The summed E-state index contributed by atoms with van der Waals surface area (Å²) in [6.07, 6.45) is 3.46. The van der Waals surface area contributed by atoms with Gasteiger partial charge in [0.1, 0.15) is 0 Å². The number of rotatable bonds is 7. The predicted molar refractivity (Wildman–Crippen MR) is 94.1 cm³/mol. The molecule has 7 heteroatoms. The van der Waals surface area contributed by atoms with Gasteiger partial charge in [0.25, 0.3) is 0 Å². The summed E-state index contributed by atoms with van der Waals surface area (Å²) in [6.45, 7) is 7.70. The molecule has 2 aliphatic rings. The number of carboxylic acids is 1. The first-order valence-electron chi connectivity index (χ1n) is 9.35. The number of aliphatic carboxylic acids is 1. The third-order valence-corrected chi connectivity index (χ3v) is 4.88. The first-order valence-corrected chi connectivity index (χ1v) is 9.35. The second-order valence-electron chi connectivity index (χ2n) is 7.83. The number of carboxylic acid groups (broad SMARTS) is 1. The summed E-state index contributed by atoms with van der Waals surface area (Å²) in [5.74, 6) is -1.28. The van der Waals surface area contributed by atoms with Crippen molar-refractivity contribution >= 4 is 17.9 Å². The van der Waals surface area contributed by atoms with E-state index in [9.17, 15) is 14.4 Å². The van der Waals surface area contributed by atoms with Crippen LogP contribution in [0.2, 0.25) is 0 Å². The Labute approximate surface area is 149 Å². The molecule has 142 valence electrons. The van der Waals surface area contributed by atoms with E-state index in [0.717, 1.165) is 25.7 Å². The first-order chi connectivity index (χ1) is 11.8. The van der Waals surface area contributed by atoms with Crippen molar-refractivity contribution in [3.05, 3.63) is 0 Å². The lowest BCUT2D eigenvalue weighted by atomic mass is 9.96. The molecule has 1 heterocycles. The largest absolute Gasteiger partial charge is 0.481 e. The van der Waals surface area contributed by atoms with Crippen LogP contribution in [-0.2, 0) is 9.59 Å². The summed E-state index contributed by atoms with van der Waals surface area (Å²) in [7, 11) is 0. The van der Waals surface area contributed by atoms with E-state index in [1.54, 1.807) is 16.7 Å². The maximum Gasteiger partial charge on any atom is 0.317 e.